The molecule has 0 spiro atoms. The highest BCUT2D eigenvalue weighted by Gasteiger charge is 2.29. The molecule has 0 bridgehead atoms. The van der Waals surface area contributed by atoms with Crippen LogP contribution in [0, 0.1) is 0 Å². The number of aromatic nitrogens is 3. The molecule has 1 unspecified atom stereocenters. The number of hydrogen-bond donors (Lipinski definition) is 0. The van der Waals surface area contributed by atoms with E-state index in [2.05, 4.69) is 10.2 Å². The predicted molar refractivity (Wildman–Crippen MR) is 76.0 cm³/mol. The summed E-state index contributed by atoms with van der Waals surface area (Å²) >= 11 is 11.9. The summed E-state index contributed by atoms with van der Waals surface area (Å²) in [5, 5.41) is 9.13. The summed E-state index contributed by atoms with van der Waals surface area (Å²) in [6.07, 6.45) is 4.12. The number of carbonyl (C=O) groups excluding carboxylic acids is 1. The van der Waals surface area contributed by atoms with Crippen LogP contribution in [0.3, 0.4) is 0 Å². The highest BCUT2D eigenvalue weighted by Crippen LogP contribution is 2.26. The van der Waals surface area contributed by atoms with E-state index in [0.717, 1.165) is 6.42 Å². The topological polar surface area (TPSA) is 51.0 Å². The van der Waals surface area contributed by atoms with Crippen molar-refractivity contribution in [2.75, 3.05) is 13.1 Å². The van der Waals surface area contributed by atoms with Gasteiger partial charge in [-0.1, -0.05) is 23.2 Å². The fraction of sp³-hybridized carbons (Fsp3) is 0.308. The number of carbonyl (C=O) groups is 1. The Labute approximate surface area is 126 Å². The molecule has 7 heteroatoms. The number of benzene rings is 1. The van der Waals surface area contributed by atoms with E-state index in [1.807, 2.05) is 0 Å². The maximum Gasteiger partial charge on any atom is 0.255 e. The van der Waals surface area contributed by atoms with Crippen molar-refractivity contribution in [3.63, 3.8) is 0 Å². The van der Waals surface area contributed by atoms with Crippen molar-refractivity contribution in [2.24, 2.45) is 0 Å². The summed E-state index contributed by atoms with van der Waals surface area (Å²) in [4.78, 5) is 15.9. The van der Waals surface area contributed by atoms with Crippen molar-refractivity contribution in [1.82, 2.24) is 19.9 Å². The van der Waals surface area contributed by atoms with Gasteiger partial charge < -0.3 is 4.90 Å². The standard InChI is InChI=1S/C13H12Cl2N4O/c14-9-1-2-11(12(15)7-9)13(20)18-6-3-10(8-18)19-16-4-5-17-19/h1-2,4-5,7,10H,3,6,8H2. The largest absolute Gasteiger partial charge is 0.336 e. The lowest BCUT2D eigenvalue weighted by molar-refractivity contribution is 0.0786. The third-order valence-electron chi connectivity index (χ3n) is 3.38. The lowest BCUT2D eigenvalue weighted by Gasteiger charge is -2.17. The van der Waals surface area contributed by atoms with Gasteiger partial charge in [0.1, 0.15) is 0 Å². The molecular weight excluding hydrogens is 299 g/mol. The average molecular weight is 311 g/mol. The quantitative estimate of drug-likeness (QED) is 0.857. The molecule has 104 valence electrons. The monoisotopic (exact) mass is 310 g/mol. The summed E-state index contributed by atoms with van der Waals surface area (Å²) in [5.74, 6) is -0.0821. The number of hydrogen-bond acceptors (Lipinski definition) is 3. The molecule has 1 saturated heterocycles. The van der Waals surface area contributed by atoms with Gasteiger partial charge in [0.25, 0.3) is 5.91 Å². The second kappa shape index (κ2) is 5.42. The van der Waals surface area contributed by atoms with E-state index in [1.54, 1.807) is 40.3 Å². The molecular formula is C13H12Cl2N4O. The summed E-state index contributed by atoms with van der Waals surface area (Å²) in [6.45, 7) is 1.26. The zero-order valence-corrected chi connectivity index (χ0v) is 12.1. The molecule has 3 rings (SSSR count). The smallest absolute Gasteiger partial charge is 0.255 e. The van der Waals surface area contributed by atoms with E-state index < -0.39 is 0 Å². The summed E-state index contributed by atoms with van der Waals surface area (Å²) < 4.78 is 0. The minimum absolute atomic E-state index is 0.0821. The molecule has 1 fully saturated rings. The molecule has 0 N–H and O–H groups in total. The molecule has 0 radical (unpaired) electrons. The first-order chi connectivity index (χ1) is 9.65. The second-order valence-corrected chi connectivity index (χ2v) is 5.51. The SMILES string of the molecule is O=C(c1ccc(Cl)cc1Cl)N1CCC(n2nccn2)C1. The van der Waals surface area contributed by atoms with E-state index in [4.69, 9.17) is 23.2 Å². The Morgan fingerprint density at radius 2 is 2.00 bits per heavy atom. The van der Waals surface area contributed by atoms with Gasteiger partial charge >= 0.3 is 0 Å². The molecule has 2 heterocycles. The lowest BCUT2D eigenvalue weighted by atomic mass is 10.2. The van der Waals surface area contributed by atoms with Gasteiger partial charge in [-0.3, -0.25) is 4.79 Å². The van der Waals surface area contributed by atoms with Crippen LogP contribution in [0.2, 0.25) is 10.0 Å². The maximum atomic E-state index is 12.4. The van der Waals surface area contributed by atoms with Crippen LogP contribution in [-0.2, 0) is 0 Å². The number of rotatable bonds is 2. The van der Waals surface area contributed by atoms with Crippen LogP contribution >= 0.6 is 23.2 Å². The van der Waals surface area contributed by atoms with E-state index >= 15 is 0 Å². The van der Waals surface area contributed by atoms with E-state index in [-0.39, 0.29) is 11.9 Å². The van der Waals surface area contributed by atoms with Crippen LogP contribution < -0.4 is 0 Å². The third kappa shape index (κ3) is 2.51. The fourth-order valence-corrected chi connectivity index (χ4v) is 2.85. The number of likely N-dealkylation sites (tertiary alicyclic amines) is 1. The average Bonchev–Trinajstić information content (AvgIpc) is 3.09. The highest BCUT2D eigenvalue weighted by molar-refractivity contribution is 6.36. The molecule has 0 saturated carbocycles. The predicted octanol–water partition coefficient (Wildman–Crippen LogP) is 2.67. The Morgan fingerprint density at radius 3 is 2.70 bits per heavy atom. The molecule has 5 nitrogen and oxygen atoms in total. The van der Waals surface area contributed by atoms with Crippen molar-refractivity contribution in [2.45, 2.75) is 12.5 Å². The Morgan fingerprint density at radius 1 is 1.25 bits per heavy atom. The molecule has 0 aliphatic carbocycles. The highest BCUT2D eigenvalue weighted by atomic mass is 35.5. The van der Waals surface area contributed by atoms with Gasteiger partial charge in [-0.2, -0.15) is 15.0 Å². The van der Waals surface area contributed by atoms with Crippen LogP contribution in [-0.4, -0.2) is 38.9 Å². The van der Waals surface area contributed by atoms with Gasteiger partial charge in [-0.05, 0) is 24.6 Å². The molecule has 1 amide bonds. The third-order valence-corrected chi connectivity index (χ3v) is 3.92. The van der Waals surface area contributed by atoms with E-state index in [1.165, 1.54) is 0 Å². The van der Waals surface area contributed by atoms with Crippen molar-refractivity contribution in [1.29, 1.82) is 0 Å². The van der Waals surface area contributed by atoms with Crippen molar-refractivity contribution < 1.29 is 4.79 Å². The number of halogens is 2. The molecule has 1 aromatic heterocycles. The normalized spacial score (nSPS) is 18.5. The lowest BCUT2D eigenvalue weighted by Crippen LogP contribution is -2.29. The summed E-state index contributed by atoms with van der Waals surface area (Å²) in [6, 6.07) is 5.04. The first-order valence-electron chi connectivity index (χ1n) is 6.25. The van der Waals surface area contributed by atoms with Crippen LogP contribution in [0.25, 0.3) is 0 Å². The molecule has 1 aliphatic rings. The van der Waals surface area contributed by atoms with Crippen LogP contribution in [0.15, 0.2) is 30.6 Å². The van der Waals surface area contributed by atoms with Crippen molar-refractivity contribution in [3.05, 3.63) is 46.2 Å². The summed E-state index contributed by atoms with van der Waals surface area (Å²) in [5.41, 5.74) is 0.477. The fourth-order valence-electron chi connectivity index (χ4n) is 2.36. The molecule has 1 aliphatic heterocycles. The summed E-state index contributed by atoms with van der Waals surface area (Å²) in [7, 11) is 0. The first kappa shape index (κ1) is 13.4. The van der Waals surface area contributed by atoms with Crippen LogP contribution in [0.1, 0.15) is 22.8 Å². The van der Waals surface area contributed by atoms with Crippen LogP contribution in [0.4, 0.5) is 0 Å². The van der Waals surface area contributed by atoms with Gasteiger partial charge in [0.05, 0.1) is 29.0 Å². The Bertz CT molecular complexity index is 629. The first-order valence-corrected chi connectivity index (χ1v) is 7.01. The number of amides is 1. The number of nitrogens with zero attached hydrogens (tertiary/aromatic N) is 4. The zero-order chi connectivity index (χ0) is 14.1. The van der Waals surface area contributed by atoms with Gasteiger partial charge in [0, 0.05) is 18.1 Å². The van der Waals surface area contributed by atoms with Crippen LogP contribution in [0.5, 0.6) is 0 Å². The van der Waals surface area contributed by atoms with Crippen molar-refractivity contribution >= 4 is 29.1 Å². The molecule has 1 atom stereocenters. The van der Waals surface area contributed by atoms with Gasteiger partial charge in [-0.25, -0.2) is 0 Å². The molecule has 2 aromatic rings. The Hall–Kier alpha value is -1.59. The Balaban J connectivity index is 1.76. The Kier molecular flexibility index (Phi) is 3.63. The van der Waals surface area contributed by atoms with Crippen molar-refractivity contribution in [3.8, 4) is 0 Å². The van der Waals surface area contributed by atoms with Gasteiger partial charge in [-0.15, -0.1) is 0 Å². The van der Waals surface area contributed by atoms with E-state index in [0.29, 0.717) is 28.7 Å². The van der Waals surface area contributed by atoms with E-state index in [9.17, 15) is 4.79 Å². The van der Waals surface area contributed by atoms with Gasteiger partial charge in [0.2, 0.25) is 0 Å². The minimum Gasteiger partial charge on any atom is -0.336 e. The maximum absolute atomic E-state index is 12.4. The molecule has 20 heavy (non-hydrogen) atoms. The minimum atomic E-state index is -0.0821. The van der Waals surface area contributed by atoms with Gasteiger partial charge in [0.15, 0.2) is 0 Å². The second-order valence-electron chi connectivity index (χ2n) is 4.67. The zero-order valence-electron chi connectivity index (χ0n) is 10.5. The molecule has 1 aromatic carbocycles.